The van der Waals surface area contributed by atoms with Gasteiger partial charge < -0.3 is 11.5 Å². The van der Waals surface area contributed by atoms with Gasteiger partial charge in [-0.05, 0) is 37.9 Å². The average molecular weight is 260 g/mol. The van der Waals surface area contributed by atoms with Gasteiger partial charge in [-0.1, -0.05) is 54.6 Å². The highest BCUT2D eigenvalue weighted by atomic mass is 14.7. The van der Waals surface area contributed by atoms with Crippen molar-refractivity contribution >= 4 is 32.3 Å². The quantitative estimate of drug-likeness (QED) is 0.542. The van der Waals surface area contributed by atoms with Gasteiger partial charge in [0.25, 0.3) is 0 Å². The van der Waals surface area contributed by atoms with Gasteiger partial charge in [0, 0.05) is 12.6 Å². The van der Waals surface area contributed by atoms with Crippen LogP contribution in [0.3, 0.4) is 0 Å². The van der Waals surface area contributed by atoms with Gasteiger partial charge in [0.1, 0.15) is 0 Å². The lowest BCUT2D eigenvalue weighted by atomic mass is 9.90. The van der Waals surface area contributed by atoms with E-state index in [1.807, 2.05) is 0 Å². The van der Waals surface area contributed by atoms with E-state index in [-0.39, 0.29) is 6.04 Å². The number of hydrogen-bond donors (Lipinski definition) is 2. The van der Waals surface area contributed by atoms with Crippen LogP contribution in [0.25, 0.3) is 32.3 Å². The summed E-state index contributed by atoms with van der Waals surface area (Å²) >= 11 is 0. The molecule has 0 radical (unpaired) electrons. The van der Waals surface area contributed by atoms with Gasteiger partial charge in [0.15, 0.2) is 0 Å². The normalized spacial score (nSPS) is 13.5. The number of nitrogens with two attached hydrogens (primary N) is 2. The first-order chi connectivity index (χ1) is 9.79. The van der Waals surface area contributed by atoms with Crippen LogP contribution in [-0.2, 0) is 0 Å². The van der Waals surface area contributed by atoms with E-state index >= 15 is 0 Å². The van der Waals surface area contributed by atoms with E-state index in [0.29, 0.717) is 6.54 Å². The first kappa shape index (κ1) is 11.6. The molecule has 0 bridgehead atoms. The summed E-state index contributed by atoms with van der Waals surface area (Å²) in [7, 11) is 0. The lowest BCUT2D eigenvalue weighted by molar-refractivity contribution is 0.743. The van der Waals surface area contributed by atoms with Crippen molar-refractivity contribution in [2.75, 3.05) is 6.54 Å². The van der Waals surface area contributed by atoms with Crippen molar-refractivity contribution in [1.82, 2.24) is 0 Å². The molecular weight excluding hydrogens is 244 g/mol. The Hall–Kier alpha value is -2.16. The molecule has 4 aromatic carbocycles. The maximum Gasteiger partial charge on any atom is 0.0425 e. The van der Waals surface area contributed by atoms with Crippen LogP contribution in [0.1, 0.15) is 11.6 Å². The molecule has 0 heterocycles. The molecule has 2 nitrogen and oxygen atoms in total. The van der Waals surface area contributed by atoms with Crippen LogP contribution in [0.2, 0.25) is 0 Å². The molecule has 0 saturated heterocycles. The maximum absolute atomic E-state index is 6.17. The first-order valence-corrected chi connectivity index (χ1v) is 6.91. The van der Waals surface area contributed by atoms with E-state index in [1.165, 1.54) is 32.3 Å². The second kappa shape index (κ2) is 4.17. The molecule has 0 aliphatic heterocycles. The van der Waals surface area contributed by atoms with Crippen molar-refractivity contribution in [1.29, 1.82) is 0 Å². The molecular formula is C18H16N2. The number of hydrogen-bond acceptors (Lipinski definition) is 2. The number of rotatable bonds is 2. The highest BCUT2D eigenvalue weighted by molar-refractivity contribution is 6.23. The Morgan fingerprint density at radius 3 is 2.05 bits per heavy atom. The fraction of sp³-hybridized carbons (Fsp3) is 0.111. The van der Waals surface area contributed by atoms with Gasteiger partial charge in [-0.2, -0.15) is 0 Å². The van der Waals surface area contributed by atoms with Crippen molar-refractivity contribution in [3.05, 3.63) is 60.2 Å². The highest BCUT2D eigenvalue weighted by Gasteiger charge is 2.13. The Balaban J connectivity index is 2.26. The summed E-state index contributed by atoms with van der Waals surface area (Å²) in [6, 6.07) is 19.3. The molecule has 0 saturated carbocycles. The minimum absolute atomic E-state index is 0.112. The standard InChI is InChI=1S/C18H16N2/c19-10-16(20)14-8-6-13-5-4-11-2-1-3-12-7-9-15(14)18(13)17(11)12/h1-9,16H,10,19-20H2/t16-/m0/s1. The molecule has 1 atom stereocenters. The van der Waals surface area contributed by atoms with Crippen LogP contribution in [0.15, 0.2) is 54.6 Å². The zero-order valence-electron chi connectivity index (χ0n) is 11.1. The molecule has 4 N–H and O–H groups in total. The molecule has 0 spiro atoms. The fourth-order valence-electron chi connectivity index (χ4n) is 3.21. The van der Waals surface area contributed by atoms with E-state index < -0.39 is 0 Å². The Morgan fingerprint density at radius 1 is 0.750 bits per heavy atom. The monoisotopic (exact) mass is 260 g/mol. The SMILES string of the molecule is NC[C@H](N)c1ccc2ccc3cccc4ccc1c2c34. The summed E-state index contributed by atoms with van der Waals surface area (Å²) in [5.41, 5.74) is 13.1. The van der Waals surface area contributed by atoms with E-state index in [9.17, 15) is 0 Å². The third-order valence-corrected chi connectivity index (χ3v) is 4.22. The lowest BCUT2D eigenvalue weighted by Crippen LogP contribution is -2.20. The van der Waals surface area contributed by atoms with Crippen molar-refractivity contribution < 1.29 is 0 Å². The Morgan fingerprint density at radius 2 is 1.35 bits per heavy atom. The molecule has 20 heavy (non-hydrogen) atoms. The van der Waals surface area contributed by atoms with E-state index in [0.717, 1.165) is 5.56 Å². The topological polar surface area (TPSA) is 52.0 Å². The van der Waals surface area contributed by atoms with E-state index in [1.54, 1.807) is 0 Å². The smallest absolute Gasteiger partial charge is 0.0425 e. The van der Waals surface area contributed by atoms with Crippen LogP contribution in [0.5, 0.6) is 0 Å². The lowest BCUT2D eigenvalue weighted by Gasteiger charge is -2.16. The van der Waals surface area contributed by atoms with Gasteiger partial charge in [0.2, 0.25) is 0 Å². The van der Waals surface area contributed by atoms with Gasteiger partial charge in [-0.15, -0.1) is 0 Å². The van der Waals surface area contributed by atoms with Gasteiger partial charge in [-0.3, -0.25) is 0 Å². The molecule has 0 aliphatic rings. The summed E-state index contributed by atoms with van der Waals surface area (Å²) in [5.74, 6) is 0. The fourth-order valence-corrected chi connectivity index (χ4v) is 3.21. The van der Waals surface area contributed by atoms with Gasteiger partial charge >= 0.3 is 0 Å². The molecule has 0 amide bonds. The van der Waals surface area contributed by atoms with Crippen LogP contribution < -0.4 is 11.5 Å². The van der Waals surface area contributed by atoms with Gasteiger partial charge in [-0.25, -0.2) is 0 Å². The third kappa shape index (κ3) is 1.46. The van der Waals surface area contributed by atoms with E-state index in [2.05, 4.69) is 54.6 Å². The summed E-state index contributed by atoms with van der Waals surface area (Å²) in [6.45, 7) is 0.462. The number of benzene rings is 4. The second-order valence-corrected chi connectivity index (χ2v) is 5.35. The van der Waals surface area contributed by atoms with Crippen molar-refractivity contribution in [2.24, 2.45) is 11.5 Å². The largest absolute Gasteiger partial charge is 0.329 e. The molecule has 2 heteroatoms. The van der Waals surface area contributed by atoms with Crippen LogP contribution >= 0.6 is 0 Å². The Bertz CT molecular complexity index is 895. The summed E-state index contributed by atoms with van der Waals surface area (Å²) < 4.78 is 0. The molecule has 4 aromatic rings. The molecule has 0 unspecified atom stereocenters. The first-order valence-electron chi connectivity index (χ1n) is 6.91. The molecule has 0 aromatic heterocycles. The zero-order chi connectivity index (χ0) is 13.7. The molecule has 98 valence electrons. The predicted octanol–water partition coefficient (Wildman–Crippen LogP) is 3.54. The Labute approximate surface area is 117 Å². The van der Waals surface area contributed by atoms with Crippen molar-refractivity contribution in [2.45, 2.75) is 6.04 Å². The van der Waals surface area contributed by atoms with Crippen molar-refractivity contribution in [3.8, 4) is 0 Å². The molecule has 0 fully saturated rings. The maximum atomic E-state index is 6.17. The minimum atomic E-state index is -0.112. The minimum Gasteiger partial charge on any atom is -0.329 e. The average Bonchev–Trinajstić information content (AvgIpc) is 2.51. The summed E-state index contributed by atoms with van der Waals surface area (Å²) in [4.78, 5) is 0. The van der Waals surface area contributed by atoms with E-state index in [4.69, 9.17) is 11.5 Å². The Kier molecular flexibility index (Phi) is 2.43. The predicted molar refractivity (Wildman–Crippen MR) is 86.1 cm³/mol. The summed E-state index contributed by atoms with van der Waals surface area (Å²) in [5, 5.41) is 7.68. The van der Waals surface area contributed by atoms with Crippen LogP contribution in [0.4, 0.5) is 0 Å². The van der Waals surface area contributed by atoms with Crippen molar-refractivity contribution in [3.63, 3.8) is 0 Å². The highest BCUT2D eigenvalue weighted by Crippen LogP contribution is 2.36. The van der Waals surface area contributed by atoms with Crippen LogP contribution in [0, 0.1) is 0 Å². The third-order valence-electron chi connectivity index (χ3n) is 4.22. The second-order valence-electron chi connectivity index (χ2n) is 5.35. The molecule has 0 aliphatic carbocycles. The van der Waals surface area contributed by atoms with Gasteiger partial charge in [0.05, 0.1) is 0 Å². The summed E-state index contributed by atoms with van der Waals surface area (Å²) in [6.07, 6.45) is 0. The molecule has 4 rings (SSSR count). The van der Waals surface area contributed by atoms with Crippen LogP contribution in [-0.4, -0.2) is 6.54 Å². The zero-order valence-corrected chi connectivity index (χ0v) is 11.1.